The van der Waals surface area contributed by atoms with Crippen LogP contribution in [0.5, 0.6) is 0 Å². The van der Waals surface area contributed by atoms with Crippen molar-refractivity contribution >= 4 is 11.8 Å². The molecule has 0 atom stereocenters. The molecule has 0 amide bonds. The first kappa shape index (κ1) is 26.0. The molecule has 0 radical (unpaired) electrons. The molecule has 2 aromatic heterocycles. The second-order valence-corrected chi connectivity index (χ2v) is 5.60. The zero-order chi connectivity index (χ0) is 22.1. The summed E-state index contributed by atoms with van der Waals surface area (Å²) >= 11 is 0. The fourth-order valence-electron chi connectivity index (χ4n) is 2.00. The third-order valence-corrected chi connectivity index (χ3v) is 3.38. The van der Waals surface area contributed by atoms with Crippen LogP contribution in [0, 0.1) is 17.7 Å². The number of benzene rings is 1. The van der Waals surface area contributed by atoms with Crippen LogP contribution in [-0.4, -0.2) is 21.3 Å². The van der Waals surface area contributed by atoms with Crippen molar-refractivity contribution in [3.63, 3.8) is 0 Å². The van der Waals surface area contributed by atoms with E-state index in [9.17, 15) is 22.0 Å². The summed E-state index contributed by atoms with van der Waals surface area (Å²) in [7, 11) is 0. The number of alkyl halides is 3. The van der Waals surface area contributed by atoms with Gasteiger partial charge >= 0.3 is 26.3 Å². The van der Waals surface area contributed by atoms with Gasteiger partial charge in [-0.25, -0.2) is 0 Å². The summed E-state index contributed by atoms with van der Waals surface area (Å²) in [4.78, 5) is 7.18. The largest absolute Gasteiger partial charge is 3.00 e. The Bertz CT molecular complexity index is 1050. The Balaban J connectivity index is 0.000000302. The zero-order valence-electron chi connectivity index (χ0n) is 15.7. The molecule has 0 aliphatic carbocycles. The fourth-order valence-corrected chi connectivity index (χ4v) is 2.00. The number of aromatic nitrogens is 4. The van der Waals surface area contributed by atoms with Crippen LogP contribution >= 0.6 is 0 Å². The standard InChI is InChI=1S/C11H6F2N.C9H7F3N4.Ir/c12-8-4-5-9(10(13)7-8)11-3-1-2-6-14-11;1-6(4-2-3-5-13)7-14-8(16-15-7)9(10,11)12;/h1-4,6-7H;2-5H,1H3;/q-1;-2;+3/b;3-2-,6-4+;. The molecule has 0 N–H and O–H groups in total. The predicted octanol–water partition coefficient (Wildman–Crippen LogP) is 4.88. The van der Waals surface area contributed by atoms with Crippen LogP contribution in [0.25, 0.3) is 22.2 Å². The minimum Gasteiger partial charge on any atom is -0.811 e. The number of pyridine rings is 1. The quantitative estimate of drug-likeness (QED) is 0.183. The maximum atomic E-state index is 13.2. The van der Waals surface area contributed by atoms with E-state index in [1.807, 2.05) is 0 Å². The van der Waals surface area contributed by atoms with Crippen LogP contribution in [-0.2, 0) is 26.3 Å². The molecule has 31 heavy (non-hydrogen) atoms. The molecule has 2 heterocycles. The van der Waals surface area contributed by atoms with Crippen LogP contribution in [0.1, 0.15) is 18.6 Å². The van der Waals surface area contributed by atoms with Crippen LogP contribution in [0.2, 0.25) is 0 Å². The van der Waals surface area contributed by atoms with Gasteiger partial charge in [0.2, 0.25) is 0 Å². The molecule has 11 heteroatoms. The van der Waals surface area contributed by atoms with E-state index in [1.54, 1.807) is 31.3 Å². The Morgan fingerprint density at radius 3 is 2.48 bits per heavy atom. The van der Waals surface area contributed by atoms with E-state index >= 15 is 0 Å². The Morgan fingerprint density at radius 2 is 1.94 bits per heavy atom. The number of hydrogen-bond donors (Lipinski definition) is 0. The average molecular weight is 611 g/mol. The molecule has 0 saturated carbocycles. The average Bonchev–Trinajstić information content (AvgIpc) is 3.20. The van der Waals surface area contributed by atoms with Gasteiger partial charge in [-0.15, -0.1) is 12.1 Å². The van der Waals surface area contributed by atoms with Crippen LogP contribution in [0.15, 0.2) is 54.8 Å². The van der Waals surface area contributed by atoms with Crippen molar-refractivity contribution in [3.05, 3.63) is 89.5 Å². The molecule has 3 aromatic rings. The summed E-state index contributed by atoms with van der Waals surface area (Å²) in [5, 5.41) is 14.6. The summed E-state index contributed by atoms with van der Waals surface area (Å²) in [5.41, 5.74) is 1.05. The van der Waals surface area contributed by atoms with Gasteiger partial charge < -0.3 is 20.5 Å². The smallest absolute Gasteiger partial charge is 0.811 e. The van der Waals surface area contributed by atoms with Crippen molar-refractivity contribution < 1.29 is 42.1 Å². The van der Waals surface area contributed by atoms with E-state index in [2.05, 4.69) is 26.2 Å². The van der Waals surface area contributed by atoms with Crippen molar-refractivity contribution in [3.8, 4) is 11.3 Å². The molecule has 0 saturated heterocycles. The topological polar surface area (TPSA) is 75.1 Å². The molecule has 0 bridgehead atoms. The minimum absolute atomic E-state index is 0. The minimum atomic E-state index is -4.58. The van der Waals surface area contributed by atoms with E-state index in [-0.39, 0.29) is 31.5 Å². The number of rotatable bonds is 4. The predicted molar refractivity (Wildman–Crippen MR) is 101 cm³/mol. The monoisotopic (exact) mass is 611 g/mol. The summed E-state index contributed by atoms with van der Waals surface area (Å²) < 4.78 is 62.2. The first-order valence-electron chi connectivity index (χ1n) is 8.26. The van der Waals surface area contributed by atoms with Crippen LogP contribution in [0.3, 0.4) is 0 Å². The summed E-state index contributed by atoms with van der Waals surface area (Å²) in [6, 6.07) is 9.53. The number of halogens is 5. The maximum absolute atomic E-state index is 13.2. The molecule has 3 rings (SSSR count). The summed E-state index contributed by atoms with van der Waals surface area (Å²) in [6.07, 6.45) is 1.98. The van der Waals surface area contributed by atoms with Gasteiger partial charge in [-0.3, -0.25) is 13.9 Å². The van der Waals surface area contributed by atoms with E-state index in [0.29, 0.717) is 11.3 Å². The van der Waals surface area contributed by atoms with Gasteiger partial charge in [-0.05, 0) is 24.5 Å². The molecule has 1 aromatic carbocycles. The van der Waals surface area contributed by atoms with Crippen LogP contribution in [0.4, 0.5) is 22.0 Å². The van der Waals surface area contributed by atoms with Crippen molar-refractivity contribution in [1.29, 1.82) is 0 Å². The maximum Gasteiger partial charge on any atom is 3.00 e. The first-order valence-corrected chi connectivity index (χ1v) is 8.26. The van der Waals surface area contributed by atoms with Gasteiger partial charge in [0.05, 0.1) is 0 Å². The van der Waals surface area contributed by atoms with Gasteiger partial charge in [0.15, 0.2) is 0 Å². The number of hydrogen-bond acceptors (Lipinski definition) is 3. The molecule has 0 aliphatic heterocycles. The van der Waals surface area contributed by atoms with E-state index in [1.165, 1.54) is 18.2 Å². The van der Waals surface area contributed by atoms with Crippen LogP contribution < -0.4 is 5.10 Å². The van der Waals surface area contributed by atoms with Gasteiger partial charge in [0.25, 0.3) is 0 Å². The van der Waals surface area contributed by atoms with Crippen molar-refractivity contribution in [1.82, 2.24) is 20.2 Å². The second-order valence-electron chi connectivity index (χ2n) is 5.60. The zero-order valence-corrected chi connectivity index (χ0v) is 18.1. The van der Waals surface area contributed by atoms with E-state index < -0.39 is 23.6 Å². The Kier molecular flexibility index (Phi) is 10.0. The SMILES string of the molecule is C/C(=C\C=C/C=[N-])c1nc(C(F)(F)F)n[n-]1.Fc1c[c-]c(-c2ccccn2)c(F)c1.[Ir+3]. The molecule has 5 nitrogen and oxygen atoms in total. The van der Waals surface area contributed by atoms with Gasteiger partial charge in [-0.1, -0.05) is 47.6 Å². The van der Waals surface area contributed by atoms with E-state index in [0.717, 1.165) is 18.3 Å². The molecule has 0 unspecified atom stereocenters. The van der Waals surface area contributed by atoms with Gasteiger partial charge in [-0.2, -0.15) is 19.4 Å². The second kappa shape index (κ2) is 12.0. The molecule has 0 spiro atoms. The van der Waals surface area contributed by atoms with Crippen molar-refractivity contribution in [2.75, 3.05) is 0 Å². The Morgan fingerprint density at radius 1 is 1.19 bits per heavy atom. The summed E-state index contributed by atoms with van der Waals surface area (Å²) in [6.45, 7) is 1.54. The third kappa shape index (κ3) is 7.95. The molecule has 162 valence electrons. The van der Waals surface area contributed by atoms with Gasteiger partial charge in [0.1, 0.15) is 5.82 Å². The molecular formula is C20H13F5IrN5. The molecular weight excluding hydrogens is 597 g/mol. The molecule has 0 fully saturated rings. The van der Waals surface area contributed by atoms with Crippen molar-refractivity contribution in [2.24, 2.45) is 0 Å². The summed E-state index contributed by atoms with van der Waals surface area (Å²) in [5.74, 6) is -2.63. The van der Waals surface area contributed by atoms with E-state index in [4.69, 9.17) is 5.41 Å². The Hall–Kier alpha value is -3.04. The third-order valence-electron chi connectivity index (χ3n) is 3.38. The fraction of sp³-hybridized carbons (Fsp3) is 0.100. The number of allylic oxidation sites excluding steroid dienone is 4. The molecule has 0 aliphatic rings. The normalized spacial score (nSPS) is 11.5. The van der Waals surface area contributed by atoms with Crippen molar-refractivity contribution in [2.45, 2.75) is 13.1 Å². The number of nitrogens with zero attached hydrogens (tertiary/aromatic N) is 5. The van der Waals surface area contributed by atoms with Gasteiger partial charge in [0, 0.05) is 17.8 Å². The Labute approximate surface area is 188 Å². The first-order chi connectivity index (χ1) is 14.2.